The van der Waals surface area contributed by atoms with Gasteiger partial charge >= 0.3 is 0 Å². The van der Waals surface area contributed by atoms with Crippen molar-refractivity contribution in [2.75, 3.05) is 12.4 Å². The molecule has 0 aliphatic heterocycles. The number of nitrogens with zero attached hydrogens (tertiary/aromatic N) is 4. The smallest absolute Gasteiger partial charge is 0.239 e. The van der Waals surface area contributed by atoms with E-state index in [0.29, 0.717) is 17.7 Å². The maximum absolute atomic E-state index is 4.45. The summed E-state index contributed by atoms with van der Waals surface area (Å²) in [5.74, 6) is 1.94. The fourth-order valence-corrected chi connectivity index (χ4v) is 2.38. The van der Waals surface area contributed by atoms with Crippen LogP contribution in [0.3, 0.4) is 0 Å². The molecule has 1 aromatic carbocycles. The maximum atomic E-state index is 4.45. The zero-order valence-corrected chi connectivity index (χ0v) is 11.9. The number of fused-ring (bicyclic) bond motifs is 1. The van der Waals surface area contributed by atoms with Gasteiger partial charge < -0.3 is 5.32 Å². The SMILES string of the molecule is CCc1cn(-c2nc(C)nc(NC)n2)c2ccccc12. The van der Waals surface area contributed by atoms with Gasteiger partial charge in [0.25, 0.3) is 0 Å². The standard InChI is InChI=1S/C15H17N5/c1-4-11-9-20(13-8-6-5-7-12(11)13)15-18-10(2)17-14(16-3)19-15/h5-9H,4H2,1-3H3,(H,16,17,18,19). The molecule has 0 saturated heterocycles. The number of benzene rings is 1. The molecule has 102 valence electrons. The molecule has 0 radical (unpaired) electrons. The quantitative estimate of drug-likeness (QED) is 0.792. The molecule has 0 saturated carbocycles. The lowest BCUT2D eigenvalue weighted by Crippen LogP contribution is -2.07. The number of nitrogens with one attached hydrogen (secondary N) is 1. The molecule has 0 atom stereocenters. The Hall–Kier alpha value is -2.43. The maximum Gasteiger partial charge on any atom is 0.239 e. The van der Waals surface area contributed by atoms with Gasteiger partial charge in [-0.15, -0.1) is 0 Å². The number of rotatable bonds is 3. The molecule has 3 rings (SSSR count). The Balaban J connectivity index is 2.26. The minimum Gasteiger partial charge on any atom is -0.357 e. The third kappa shape index (κ3) is 2.01. The molecule has 1 N–H and O–H groups in total. The average Bonchev–Trinajstić information content (AvgIpc) is 2.85. The van der Waals surface area contributed by atoms with Crippen molar-refractivity contribution in [2.24, 2.45) is 0 Å². The van der Waals surface area contributed by atoms with E-state index in [-0.39, 0.29) is 0 Å². The third-order valence-corrected chi connectivity index (χ3v) is 3.35. The molecule has 5 nitrogen and oxygen atoms in total. The van der Waals surface area contributed by atoms with E-state index in [0.717, 1.165) is 11.9 Å². The van der Waals surface area contributed by atoms with Gasteiger partial charge in [0.05, 0.1) is 5.52 Å². The van der Waals surface area contributed by atoms with Crippen molar-refractivity contribution < 1.29 is 0 Å². The lowest BCUT2D eigenvalue weighted by Gasteiger charge is -2.06. The topological polar surface area (TPSA) is 55.6 Å². The fraction of sp³-hybridized carbons (Fsp3) is 0.267. The summed E-state index contributed by atoms with van der Waals surface area (Å²) in [6.07, 6.45) is 3.09. The Kier molecular flexibility index (Phi) is 3.10. The normalized spacial score (nSPS) is 10.9. The molecule has 0 aliphatic carbocycles. The largest absolute Gasteiger partial charge is 0.357 e. The first-order chi connectivity index (χ1) is 9.72. The molecule has 0 aliphatic rings. The summed E-state index contributed by atoms with van der Waals surface area (Å²) in [7, 11) is 1.81. The van der Waals surface area contributed by atoms with E-state index in [1.165, 1.54) is 10.9 Å². The van der Waals surface area contributed by atoms with Gasteiger partial charge in [-0.05, 0) is 25.0 Å². The van der Waals surface area contributed by atoms with E-state index in [2.05, 4.69) is 51.6 Å². The molecule has 3 aromatic rings. The van der Waals surface area contributed by atoms with Crippen LogP contribution in [0.5, 0.6) is 0 Å². The predicted octanol–water partition coefficient (Wildman–Crippen LogP) is 2.73. The molecule has 0 spiro atoms. The van der Waals surface area contributed by atoms with Gasteiger partial charge in [0.1, 0.15) is 5.82 Å². The Morgan fingerprint density at radius 2 is 1.95 bits per heavy atom. The van der Waals surface area contributed by atoms with Crippen molar-refractivity contribution in [1.82, 2.24) is 19.5 Å². The van der Waals surface area contributed by atoms with Gasteiger partial charge in [-0.3, -0.25) is 4.57 Å². The lowest BCUT2D eigenvalue weighted by molar-refractivity contribution is 0.886. The summed E-state index contributed by atoms with van der Waals surface area (Å²) in [5, 5.41) is 4.22. The molecular weight excluding hydrogens is 250 g/mol. The van der Waals surface area contributed by atoms with E-state index in [1.54, 1.807) is 0 Å². The second-order valence-electron chi connectivity index (χ2n) is 4.65. The Bertz CT molecular complexity index is 760. The second-order valence-corrected chi connectivity index (χ2v) is 4.65. The molecule has 0 unspecified atom stereocenters. The summed E-state index contributed by atoms with van der Waals surface area (Å²) in [6, 6.07) is 8.32. The van der Waals surface area contributed by atoms with Crippen LogP contribution in [0.25, 0.3) is 16.9 Å². The number of hydrogen-bond acceptors (Lipinski definition) is 4. The second kappa shape index (κ2) is 4.92. The highest BCUT2D eigenvalue weighted by Gasteiger charge is 2.11. The fourth-order valence-electron chi connectivity index (χ4n) is 2.38. The highest BCUT2D eigenvalue weighted by molar-refractivity contribution is 5.85. The van der Waals surface area contributed by atoms with E-state index in [4.69, 9.17) is 0 Å². The van der Waals surface area contributed by atoms with Crippen LogP contribution in [0.1, 0.15) is 18.3 Å². The van der Waals surface area contributed by atoms with Crippen molar-refractivity contribution in [3.63, 3.8) is 0 Å². The first kappa shape index (κ1) is 12.6. The minimum absolute atomic E-state index is 0.586. The molecule has 5 heteroatoms. The van der Waals surface area contributed by atoms with Crippen molar-refractivity contribution in [2.45, 2.75) is 20.3 Å². The number of hydrogen-bond donors (Lipinski definition) is 1. The van der Waals surface area contributed by atoms with Crippen LogP contribution in [0.2, 0.25) is 0 Å². The third-order valence-electron chi connectivity index (χ3n) is 3.35. The molecule has 2 aromatic heterocycles. The van der Waals surface area contributed by atoms with Gasteiger partial charge in [-0.25, -0.2) is 0 Å². The lowest BCUT2D eigenvalue weighted by atomic mass is 10.1. The van der Waals surface area contributed by atoms with Crippen LogP contribution in [-0.2, 0) is 6.42 Å². The van der Waals surface area contributed by atoms with E-state index < -0.39 is 0 Å². The first-order valence-corrected chi connectivity index (χ1v) is 6.72. The van der Waals surface area contributed by atoms with E-state index in [9.17, 15) is 0 Å². The van der Waals surface area contributed by atoms with Gasteiger partial charge in [-0.1, -0.05) is 25.1 Å². The van der Waals surface area contributed by atoms with Gasteiger partial charge in [0.15, 0.2) is 0 Å². The van der Waals surface area contributed by atoms with Gasteiger partial charge in [0.2, 0.25) is 11.9 Å². The van der Waals surface area contributed by atoms with Crippen molar-refractivity contribution in [1.29, 1.82) is 0 Å². The molecular formula is C15H17N5. The molecule has 20 heavy (non-hydrogen) atoms. The average molecular weight is 267 g/mol. The molecule has 2 heterocycles. The summed E-state index contributed by atoms with van der Waals surface area (Å²) >= 11 is 0. The number of aromatic nitrogens is 4. The van der Waals surface area contributed by atoms with Crippen molar-refractivity contribution in [3.05, 3.63) is 41.9 Å². The highest BCUT2D eigenvalue weighted by Crippen LogP contribution is 2.24. The van der Waals surface area contributed by atoms with Gasteiger partial charge in [-0.2, -0.15) is 15.0 Å². The van der Waals surface area contributed by atoms with Crippen molar-refractivity contribution >= 4 is 16.9 Å². The number of aryl methyl sites for hydroxylation is 2. The Morgan fingerprint density at radius 3 is 2.70 bits per heavy atom. The highest BCUT2D eigenvalue weighted by atomic mass is 15.2. The zero-order chi connectivity index (χ0) is 14.1. The molecule has 0 amide bonds. The van der Waals surface area contributed by atoms with Crippen molar-refractivity contribution in [3.8, 4) is 5.95 Å². The van der Waals surface area contributed by atoms with Crippen LogP contribution in [0.15, 0.2) is 30.5 Å². The van der Waals surface area contributed by atoms with Crippen LogP contribution in [0, 0.1) is 6.92 Å². The monoisotopic (exact) mass is 267 g/mol. The van der Waals surface area contributed by atoms with Crippen LogP contribution >= 0.6 is 0 Å². The summed E-state index contributed by atoms with van der Waals surface area (Å²) < 4.78 is 2.03. The number of para-hydroxylation sites is 1. The van der Waals surface area contributed by atoms with Crippen LogP contribution in [-0.4, -0.2) is 26.6 Å². The molecule has 0 bridgehead atoms. The first-order valence-electron chi connectivity index (χ1n) is 6.72. The summed E-state index contributed by atoms with van der Waals surface area (Å²) in [4.78, 5) is 13.1. The van der Waals surface area contributed by atoms with Gasteiger partial charge in [0, 0.05) is 18.6 Å². The zero-order valence-electron chi connectivity index (χ0n) is 11.9. The molecule has 0 fully saturated rings. The summed E-state index contributed by atoms with van der Waals surface area (Å²) in [5.41, 5.74) is 2.42. The summed E-state index contributed by atoms with van der Waals surface area (Å²) in [6.45, 7) is 4.03. The Morgan fingerprint density at radius 1 is 1.15 bits per heavy atom. The minimum atomic E-state index is 0.586. The van der Waals surface area contributed by atoms with Crippen LogP contribution in [0.4, 0.5) is 5.95 Å². The number of anilines is 1. The van der Waals surface area contributed by atoms with E-state index in [1.807, 2.05) is 24.6 Å². The van der Waals surface area contributed by atoms with Crippen LogP contribution < -0.4 is 5.32 Å². The Labute approximate surface area is 117 Å². The predicted molar refractivity (Wildman–Crippen MR) is 80.3 cm³/mol. The van der Waals surface area contributed by atoms with E-state index >= 15 is 0 Å².